The van der Waals surface area contributed by atoms with Gasteiger partial charge in [-0.25, -0.2) is 9.97 Å². The molecule has 0 fully saturated rings. The molecule has 19 rings (SSSR count). The van der Waals surface area contributed by atoms with Crippen LogP contribution in [0.1, 0.15) is 0 Å². The molecule has 390 valence electrons. The molecule has 0 aliphatic carbocycles. The zero-order chi connectivity index (χ0) is 54.7. The van der Waals surface area contributed by atoms with E-state index in [9.17, 15) is 0 Å². The van der Waals surface area contributed by atoms with E-state index < -0.39 is 0 Å². The highest BCUT2D eigenvalue weighted by Crippen LogP contribution is 2.47. The molecule has 0 N–H and O–H groups in total. The molecule has 0 saturated carbocycles. The summed E-state index contributed by atoms with van der Waals surface area (Å²) < 4.78 is 15.2. The van der Waals surface area contributed by atoms with Crippen molar-refractivity contribution < 1.29 is 0 Å². The molecule has 8 heteroatoms. The number of nitrogens with zero attached hydrogens (tertiary/aromatic N) is 5. The summed E-state index contributed by atoms with van der Waals surface area (Å²) in [7, 11) is 0. The fourth-order valence-electron chi connectivity index (χ4n) is 13.8. The van der Waals surface area contributed by atoms with Crippen molar-refractivity contribution in [3.05, 3.63) is 261 Å². The predicted octanol–water partition coefficient (Wildman–Crippen LogP) is 21.9. The van der Waals surface area contributed by atoms with Gasteiger partial charge in [0.1, 0.15) is 0 Å². The van der Waals surface area contributed by atoms with Crippen molar-refractivity contribution in [1.29, 1.82) is 0 Å². The maximum atomic E-state index is 5.50. The largest absolute Gasteiger partial charge is 0.309 e. The van der Waals surface area contributed by atoms with Crippen molar-refractivity contribution in [2.45, 2.75) is 0 Å². The van der Waals surface area contributed by atoms with Crippen LogP contribution >= 0.6 is 34.0 Å². The summed E-state index contributed by atoms with van der Waals surface area (Å²) >= 11 is 5.66. The standard InChI is InChI=1S/C76H43N5S3/c1-7-22-61-56(19-1)70-64(39-36-53-50-16-4-10-25-67(50)82-73(53)70)79(61)47-32-28-44(29-33-47)59-43-60(46-14-13-15-49(42-46)81-63-24-9-3-21-58(63)72-66(81)41-38-55-52-18-6-12-27-69(52)84-75(55)72)78-76(77-59)45-30-34-48(35-31-45)80-62-23-8-2-20-57(62)71-65(80)40-37-54-51-17-5-11-26-68(51)83-74(54)71/h1-43H. The highest BCUT2D eigenvalue weighted by molar-refractivity contribution is 7.27. The summed E-state index contributed by atoms with van der Waals surface area (Å²) in [6.45, 7) is 0. The fourth-order valence-corrected chi connectivity index (χ4v) is 17.5. The van der Waals surface area contributed by atoms with Crippen molar-refractivity contribution >= 4 is 160 Å². The lowest BCUT2D eigenvalue weighted by Gasteiger charge is -2.13. The quantitative estimate of drug-likeness (QED) is 0.166. The van der Waals surface area contributed by atoms with E-state index in [1.54, 1.807) is 0 Å². The Bertz CT molecular complexity index is 5740. The summed E-state index contributed by atoms with van der Waals surface area (Å²) in [5.74, 6) is 0.663. The molecule has 0 spiro atoms. The van der Waals surface area contributed by atoms with Crippen LogP contribution in [0.2, 0.25) is 0 Å². The minimum Gasteiger partial charge on any atom is -0.309 e. The Labute approximate surface area is 492 Å². The summed E-state index contributed by atoms with van der Waals surface area (Å²) in [5.41, 5.74) is 15.0. The molecule has 0 saturated heterocycles. The second kappa shape index (κ2) is 17.6. The first-order chi connectivity index (χ1) is 41.6. The van der Waals surface area contributed by atoms with E-state index in [-0.39, 0.29) is 0 Å². The number of thiophene rings is 3. The summed E-state index contributed by atoms with van der Waals surface area (Å²) in [6, 6.07) is 95.5. The van der Waals surface area contributed by atoms with Crippen molar-refractivity contribution in [3.63, 3.8) is 0 Å². The average Bonchev–Trinajstić information content (AvgIpc) is 2.11. The lowest BCUT2D eigenvalue weighted by atomic mass is 10.1. The zero-order valence-corrected chi connectivity index (χ0v) is 47.2. The molecule has 5 nitrogen and oxygen atoms in total. The predicted molar refractivity (Wildman–Crippen MR) is 360 cm³/mol. The van der Waals surface area contributed by atoms with Gasteiger partial charge in [0, 0.05) is 127 Å². The Hall–Kier alpha value is -10.2. The first kappa shape index (κ1) is 46.4. The SMILES string of the molecule is c1cc(-c2cc(-c3ccc(-n4c5ccccc5c5c6sc7ccccc7c6ccc54)cc3)nc(-c3ccc(-n4c5ccccc5c5c6sc7ccccc7c6ccc54)cc3)n2)cc(-n2c3ccccc3c3c4sc5ccccc5c4ccc32)c1. The highest BCUT2D eigenvalue weighted by Gasteiger charge is 2.22. The van der Waals surface area contributed by atoms with Gasteiger partial charge >= 0.3 is 0 Å². The normalized spacial score (nSPS) is 12.3. The van der Waals surface area contributed by atoms with Crippen LogP contribution in [0.5, 0.6) is 0 Å². The zero-order valence-electron chi connectivity index (χ0n) is 44.8. The second-order valence-electron chi connectivity index (χ2n) is 22.0. The molecular formula is C76H43N5S3. The molecule has 7 aromatic heterocycles. The number of aromatic nitrogens is 5. The van der Waals surface area contributed by atoms with Crippen LogP contribution in [0, 0.1) is 0 Å². The smallest absolute Gasteiger partial charge is 0.160 e. The fraction of sp³-hybridized carbons (Fsp3) is 0. The number of hydrogen-bond acceptors (Lipinski definition) is 5. The Balaban J connectivity index is 0.771. The number of para-hydroxylation sites is 3. The average molecular weight is 1120 g/mol. The van der Waals surface area contributed by atoms with Crippen LogP contribution in [-0.4, -0.2) is 23.7 Å². The number of hydrogen-bond donors (Lipinski definition) is 0. The van der Waals surface area contributed by atoms with Crippen molar-refractivity contribution in [2.75, 3.05) is 0 Å². The molecule has 0 unspecified atom stereocenters. The number of fused-ring (bicyclic) bond motifs is 21. The van der Waals surface area contributed by atoms with Gasteiger partial charge in [-0.1, -0.05) is 152 Å². The molecule has 0 aliphatic heterocycles. The summed E-state index contributed by atoms with van der Waals surface area (Å²) in [5, 5.41) is 15.5. The molecular weight excluding hydrogens is 1080 g/mol. The second-order valence-corrected chi connectivity index (χ2v) is 25.1. The van der Waals surface area contributed by atoms with E-state index in [0.29, 0.717) is 5.82 Å². The topological polar surface area (TPSA) is 40.6 Å². The Kier molecular flexibility index (Phi) is 9.75. The van der Waals surface area contributed by atoms with Crippen molar-refractivity contribution in [2.24, 2.45) is 0 Å². The van der Waals surface area contributed by atoms with Gasteiger partial charge in [-0.15, -0.1) is 34.0 Å². The van der Waals surface area contributed by atoms with Gasteiger partial charge in [-0.05, 0) is 109 Å². The maximum Gasteiger partial charge on any atom is 0.160 e. The molecule has 0 radical (unpaired) electrons. The molecule has 84 heavy (non-hydrogen) atoms. The molecule has 0 atom stereocenters. The van der Waals surface area contributed by atoms with Gasteiger partial charge in [-0.3, -0.25) is 0 Å². The lowest BCUT2D eigenvalue weighted by molar-refractivity contribution is 1.15. The summed E-state index contributed by atoms with van der Waals surface area (Å²) in [6.07, 6.45) is 0. The maximum absolute atomic E-state index is 5.50. The van der Waals surface area contributed by atoms with E-state index >= 15 is 0 Å². The van der Waals surface area contributed by atoms with Gasteiger partial charge in [0.2, 0.25) is 0 Å². The van der Waals surface area contributed by atoms with Crippen LogP contribution < -0.4 is 0 Å². The number of benzene rings is 12. The van der Waals surface area contributed by atoms with Gasteiger partial charge in [0.15, 0.2) is 5.82 Å². The van der Waals surface area contributed by atoms with Crippen LogP contribution in [0.25, 0.3) is 177 Å². The lowest BCUT2D eigenvalue weighted by Crippen LogP contribution is -1.99. The molecule has 0 aliphatic rings. The third kappa shape index (κ3) is 6.64. The van der Waals surface area contributed by atoms with Gasteiger partial charge in [0.25, 0.3) is 0 Å². The minimum absolute atomic E-state index is 0.663. The van der Waals surface area contributed by atoms with Gasteiger partial charge < -0.3 is 13.7 Å². The van der Waals surface area contributed by atoms with E-state index in [2.05, 4.69) is 275 Å². The van der Waals surface area contributed by atoms with Crippen LogP contribution in [0.15, 0.2) is 261 Å². The molecule has 7 heterocycles. The van der Waals surface area contributed by atoms with Gasteiger partial charge in [0.05, 0.1) is 44.5 Å². The minimum atomic E-state index is 0.663. The monoisotopic (exact) mass is 1120 g/mol. The Morgan fingerprint density at radius 2 is 0.607 bits per heavy atom. The third-order valence-corrected chi connectivity index (χ3v) is 21.1. The number of rotatable bonds is 6. The Morgan fingerprint density at radius 1 is 0.238 bits per heavy atom. The van der Waals surface area contributed by atoms with Crippen molar-refractivity contribution in [1.82, 2.24) is 23.7 Å². The van der Waals surface area contributed by atoms with Gasteiger partial charge in [-0.2, -0.15) is 0 Å². The molecule has 12 aromatic carbocycles. The molecule has 0 bridgehead atoms. The van der Waals surface area contributed by atoms with E-state index in [1.807, 2.05) is 34.0 Å². The van der Waals surface area contributed by atoms with Crippen LogP contribution in [-0.2, 0) is 0 Å². The van der Waals surface area contributed by atoms with Crippen LogP contribution in [0.4, 0.5) is 0 Å². The van der Waals surface area contributed by atoms with E-state index in [4.69, 9.17) is 9.97 Å². The molecule has 19 aromatic rings. The summed E-state index contributed by atoms with van der Waals surface area (Å²) in [4.78, 5) is 11.0. The third-order valence-electron chi connectivity index (χ3n) is 17.5. The highest BCUT2D eigenvalue weighted by atomic mass is 32.1. The molecule has 0 amide bonds. The van der Waals surface area contributed by atoms with Crippen molar-refractivity contribution in [3.8, 4) is 51.0 Å². The Morgan fingerprint density at radius 3 is 1.05 bits per heavy atom. The van der Waals surface area contributed by atoms with Crippen LogP contribution in [0.3, 0.4) is 0 Å². The first-order valence-electron chi connectivity index (χ1n) is 28.4. The van der Waals surface area contributed by atoms with E-state index in [0.717, 1.165) is 45.1 Å². The van der Waals surface area contributed by atoms with E-state index in [1.165, 1.54) is 126 Å². The first-order valence-corrected chi connectivity index (χ1v) is 30.8.